The monoisotopic (exact) mass is 295 g/mol. The fraction of sp³-hybridized carbons (Fsp3) is 0.167. The van der Waals surface area contributed by atoms with Crippen LogP contribution < -0.4 is 10.6 Å². The van der Waals surface area contributed by atoms with E-state index in [2.05, 4.69) is 11.4 Å². The largest absolute Gasteiger partial charge is 0.463 e. The number of nitrogens with one attached hydrogen (secondary N) is 1. The van der Waals surface area contributed by atoms with Gasteiger partial charge in [-0.25, -0.2) is 0 Å². The second-order valence-corrected chi connectivity index (χ2v) is 5.35. The van der Waals surface area contributed by atoms with Crippen molar-refractivity contribution >= 4 is 22.4 Å². The van der Waals surface area contributed by atoms with Gasteiger partial charge in [-0.1, -0.05) is 30.3 Å². The summed E-state index contributed by atoms with van der Waals surface area (Å²) in [5.41, 5.74) is 0.822. The van der Waals surface area contributed by atoms with Crippen LogP contribution in [0, 0.1) is 0 Å². The van der Waals surface area contributed by atoms with Gasteiger partial charge >= 0.3 is 0 Å². The summed E-state index contributed by atoms with van der Waals surface area (Å²) in [5.74, 6) is 0.854. The highest BCUT2D eigenvalue weighted by Crippen LogP contribution is 2.18. The van der Waals surface area contributed by atoms with E-state index in [1.165, 1.54) is 5.39 Å². The van der Waals surface area contributed by atoms with Gasteiger partial charge in [0.1, 0.15) is 6.04 Å². The Morgan fingerprint density at radius 3 is 2.73 bits per heavy atom. The summed E-state index contributed by atoms with van der Waals surface area (Å²) in [6.07, 6.45) is 1.65. The maximum atomic E-state index is 12.0. The molecule has 1 amide bonds. The van der Waals surface area contributed by atoms with Crippen molar-refractivity contribution in [3.8, 4) is 0 Å². The highest BCUT2D eigenvalue weighted by molar-refractivity contribution is 5.94. The van der Waals surface area contributed by atoms with Crippen molar-refractivity contribution in [2.24, 2.45) is 0 Å². The first-order chi connectivity index (χ1) is 10.7. The SMILES string of the molecule is C[C@H]([NH2+]CC(=O)Nc1ccc2ccccc2c1)c1ccco1. The first-order valence-corrected chi connectivity index (χ1v) is 7.38. The molecule has 0 fully saturated rings. The maximum Gasteiger partial charge on any atom is 0.279 e. The van der Waals surface area contributed by atoms with Crippen molar-refractivity contribution in [3.63, 3.8) is 0 Å². The van der Waals surface area contributed by atoms with Gasteiger partial charge in [-0.05, 0) is 42.0 Å². The van der Waals surface area contributed by atoms with Crippen molar-refractivity contribution in [1.82, 2.24) is 0 Å². The molecular formula is C18H19N2O2+. The van der Waals surface area contributed by atoms with E-state index < -0.39 is 0 Å². The van der Waals surface area contributed by atoms with E-state index >= 15 is 0 Å². The van der Waals surface area contributed by atoms with E-state index in [1.54, 1.807) is 6.26 Å². The lowest BCUT2D eigenvalue weighted by Crippen LogP contribution is -2.86. The summed E-state index contributed by atoms with van der Waals surface area (Å²) in [4.78, 5) is 12.0. The first kappa shape index (κ1) is 14.4. The number of fused-ring (bicyclic) bond motifs is 1. The Bertz CT molecular complexity index is 766. The van der Waals surface area contributed by atoms with Gasteiger partial charge in [0.25, 0.3) is 5.91 Å². The smallest absolute Gasteiger partial charge is 0.279 e. The number of hydrogen-bond acceptors (Lipinski definition) is 2. The van der Waals surface area contributed by atoms with Gasteiger partial charge < -0.3 is 15.1 Å². The van der Waals surface area contributed by atoms with Gasteiger partial charge in [-0.15, -0.1) is 0 Å². The summed E-state index contributed by atoms with van der Waals surface area (Å²) in [7, 11) is 0. The minimum absolute atomic E-state index is 0.0197. The van der Waals surface area contributed by atoms with Crippen LogP contribution >= 0.6 is 0 Å². The molecule has 22 heavy (non-hydrogen) atoms. The zero-order valence-corrected chi connectivity index (χ0v) is 12.5. The Morgan fingerprint density at radius 2 is 1.95 bits per heavy atom. The Balaban J connectivity index is 1.58. The van der Waals surface area contributed by atoms with Crippen LogP contribution in [0.5, 0.6) is 0 Å². The molecule has 4 heteroatoms. The molecule has 0 unspecified atom stereocenters. The van der Waals surface area contributed by atoms with Crippen molar-refractivity contribution in [2.75, 3.05) is 11.9 Å². The third-order valence-corrected chi connectivity index (χ3v) is 3.68. The normalized spacial score (nSPS) is 12.2. The number of carbonyl (C=O) groups excluding carboxylic acids is 1. The molecule has 0 aliphatic rings. The van der Waals surface area contributed by atoms with Gasteiger partial charge in [0.2, 0.25) is 0 Å². The second kappa shape index (κ2) is 6.45. The Labute approximate surface area is 129 Å². The number of hydrogen-bond donors (Lipinski definition) is 2. The van der Waals surface area contributed by atoms with Crippen LogP contribution in [0.1, 0.15) is 18.7 Å². The van der Waals surface area contributed by atoms with Crippen LogP contribution in [0.15, 0.2) is 65.3 Å². The molecule has 1 heterocycles. The molecule has 1 atom stereocenters. The molecule has 0 aliphatic heterocycles. The van der Waals surface area contributed by atoms with Gasteiger partial charge in [-0.2, -0.15) is 0 Å². The maximum absolute atomic E-state index is 12.0. The van der Waals surface area contributed by atoms with Crippen LogP contribution in [0.4, 0.5) is 5.69 Å². The van der Waals surface area contributed by atoms with Gasteiger partial charge in [0.15, 0.2) is 12.3 Å². The summed E-state index contributed by atoms with van der Waals surface area (Å²) < 4.78 is 5.33. The zero-order valence-electron chi connectivity index (χ0n) is 12.5. The van der Waals surface area contributed by atoms with E-state index in [1.807, 2.05) is 60.8 Å². The van der Waals surface area contributed by atoms with Gasteiger partial charge in [0.05, 0.1) is 6.26 Å². The molecule has 0 spiro atoms. The first-order valence-electron chi connectivity index (χ1n) is 7.38. The van der Waals surface area contributed by atoms with E-state index in [0.717, 1.165) is 16.8 Å². The highest BCUT2D eigenvalue weighted by atomic mass is 16.3. The molecule has 0 aliphatic carbocycles. The minimum Gasteiger partial charge on any atom is -0.463 e. The van der Waals surface area contributed by atoms with E-state index in [0.29, 0.717) is 6.54 Å². The molecular weight excluding hydrogens is 276 g/mol. The number of furan rings is 1. The Kier molecular flexibility index (Phi) is 4.21. The van der Waals surface area contributed by atoms with Crippen molar-refractivity contribution in [3.05, 3.63) is 66.6 Å². The average molecular weight is 295 g/mol. The summed E-state index contributed by atoms with van der Waals surface area (Å²) >= 11 is 0. The van der Waals surface area contributed by atoms with Gasteiger partial charge in [-0.3, -0.25) is 4.79 Å². The van der Waals surface area contributed by atoms with Crippen LogP contribution in [0.3, 0.4) is 0 Å². The number of nitrogens with two attached hydrogens (primary N) is 1. The lowest BCUT2D eigenvalue weighted by atomic mass is 10.1. The quantitative estimate of drug-likeness (QED) is 0.760. The van der Waals surface area contributed by atoms with Crippen molar-refractivity contribution in [2.45, 2.75) is 13.0 Å². The summed E-state index contributed by atoms with van der Waals surface area (Å²) in [5, 5.41) is 7.17. The zero-order chi connectivity index (χ0) is 15.4. The number of quaternary nitrogens is 1. The summed E-state index contributed by atoms with van der Waals surface area (Å²) in [6, 6.07) is 17.9. The average Bonchev–Trinajstić information content (AvgIpc) is 3.07. The standard InChI is InChI=1S/C18H18N2O2/c1-13(17-7-4-10-22-17)19-12-18(21)20-16-9-8-14-5-2-3-6-15(14)11-16/h2-11,13,19H,12H2,1H3,(H,20,21)/p+1/t13-/m0/s1. The molecule has 3 aromatic rings. The van der Waals surface area contributed by atoms with Gasteiger partial charge in [0, 0.05) is 5.69 Å². The molecule has 3 N–H and O–H groups in total. The number of amides is 1. The Morgan fingerprint density at radius 1 is 1.14 bits per heavy atom. The number of anilines is 1. The third kappa shape index (κ3) is 3.35. The topological polar surface area (TPSA) is 58.9 Å². The fourth-order valence-corrected chi connectivity index (χ4v) is 2.43. The third-order valence-electron chi connectivity index (χ3n) is 3.68. The molecule has 2 aromatic carbocycles. The molecule has 0 bridgehead atoms. The molecule has 0 saturated heterocycles. The van der Waals surface area contributed by atoms with Crippen LogP contribution in [-0.4, -0.2) is 12.5 Å². The molecule has 4 nitrogen and oxygen atoms in total. The fourth-order valence-electron chi connectivity index (χ4n) is 2.43. The molecule has 0 saturated carbocycles. The summed E-state index contributed by atoms with van der Waals surface area (Å²) in [6.45, 7) is 2.37. The molecule has 3 rings (SSSR count). The second-order valence-electron chi connectivity index (χ2n) is 5.35. The lowest BCUT2D eigenvalue weighted by molar-refractivity contribution is -0.684. The van der Waals surface area contributed by atoms with Crippen LogP contribution in [0.2, 0.25) is 0 Å². The number of carbonyl (C=O) groups is 1. The number of benzene rings is 2. The van der Waals surface area contributed by atoms with Crippen LogP contribution in [0.25, 0.3) is 10.8 Å². The highest BCUT2D eigenvalue weighted by Gasteiger charge is 2.13. The molecule has 0 radical (unpaired) electrons. The van der Waals surface area contributed by atoms with Crippen molar-refractivity contribution < 1.29 is 14.5 Å². The minimum atomic E-state index is -0.0197. The Hall–Kier alpha value is -2.59. The predicted molar refractivity (Wildman–Crippen MR) is 86.5 cm³/mol. The van der Waals surface area contributed by atoms with Crippen molar-refractivity contribution in [1.29, 1.82) is 0 Å². The van der Waals surface area contributed by atoms with E-state index in [4.69, 9.17) is 4.42 Å². The van der Waals surface area contributed by atoms with E-state index in [9.17, 15) is 4.79 Å². The lowest BCUT2D eigenvalue weighted by Gasteiger charge is -2.09. The molecule has 1 aromatic heterocycles. The predicted octanol–water partition coefficient (Wildman–Crippen LogP) is 2.70. The van der Waals surface area contributed by atoms with Crippen LogP contribution in [-0.2, 0) is 4.79 Å². The number of rotatable bonds is 5. The van der Waals surface area contributed by atoms with E-state index in [-0.39, 0.29) is 11.9 Å². The molecule has 112 valence electrons.